The Morgan fingerprint density at radius 2 is 2.07 bits per heavy atom. The van der Waals surface area contributed by atoms with Gasteiger partial charge in [-0.05, 0) is 22.6 Å². The molecule has 0 radical (unpaired) electrons. The van der Waals surface area contributed by atoms with E-state index in [-0.39, 0.29) is 10.3 Å². The predicted octanol–water partition coefficient (Wildman–Crippen LogP) is 2.57. The molecule has 4 nitrogen and oxygen atoms in total. The van der Waals surface area contributed by atoms with Gasteiger partial charge in [-0.25, -0.2) is 4.68 Å². The molecule has 7 heteroatoms. The van der Waals surface area contributed by atoms with Crippen molar-refractivity contribution in [2.75, 3.05) is 0 Å². The summed E-state index contributed by atoms with van der Waals surface area (Å²) in [5, 5.41) is 11.9. The van der Waals surface area contributed by atoms with Gasteiger partial charge in [-0.1, -0.05) is 23.2 Å². The van der Waals surface area contributed by atoms with E-state index < -0.39 is 0 Å². The van der Waals surface area contributed by atoms with Crippen LogP contribution in [0.4, 0.5) is 0 Å². The number of rotatable bonds is 1. The van der Waals surface area contributed by atoms with E-state index in [4.69, 9.17) is 23.2 Å². The largest absolute Gasteiger partial charge is 0.237 e. The summed E-state index contributed by atoms with van der Waals surface area (Å²) in [6.45, 7) is 0. The Morgan fingerprint density at radius 3 is 2.71 bits per heavy atom. The molecule has 0 spiro atoms. The average molecular weight is 341 g/mol. The summed E-state index contributed by atoms with van der Waals surface area (Å²) in [7, 11) is 0. The fraction of sp³-hybridized carbons (Fsp3) is 0. The van der Waals surface area contributed by atoms with E-state index in [1.165, 1.54) is 0 Å². The summed E-state index contributed by atoms with van der Waals surface area (Å²) < 4.78 is 2.61. The van der Waals surface area contributed by atoms with E-state index in [1.807, 2.05) is 6.20 Å². The molecule has 2 aromatic rings. The first kappa shape index (κ1) is 10.1. The van der Waals surface area contributed by atoms with Crippen LogP contribution in [0.5, 0.6) is 0 Å². The lowest BCUT2D eigenvalue weighted by Gasteiger charge is -2.01. The molecule has 2 rings (SSSR count). The Morgan fingerprint density at radius 1 is 1.29 bits per heavy atom. The highest BCUT2D eigenvalue weighted by Gasteiger charge is 2.07. The molecule has 72 valence electrons. The summed E-state index contributed by atoms with van der Waals surface area (Å²) in [5.41, 5.74) is 0.620. The first-order valence-corrected chi connectivity index (χ1v) is 5.39. The predicted molar refractivity (Wildman–Crippen MR) is 61.9 cm³/mol. The third-order valence-corrected chi connectivity index (χ3v) is 2.51. The van der Waals surface area contributed by atoms with Crippen LogP contribution in [0.25, 0.3) is 5.69 Å². The van der Waals surface area contributed by atoms with Gasteiger partial charge >= 0.3 is 0 Å². The minimum absolute atomic E-state index is 0.272. The van der Waals surface area contributed by atoms with E-state index in [0.717, 1.165) is 3.57 Å². The number of hydrogen-bond donors (Lipinski definition) is 0. The second-order valence-corrected chi connectivity index (χ2v) is 4.44. The van der Waals surface area contributed by atoms with Crippen LogP contribution in [0, 0.1) is 3.57 Å². The summed E-state index contributed by atoms with van der Waals surface area (Å²) >= 11 is 13.7. The van der Waals surface area contributed by atoms with Gasteiger partial charge in [-0.3, -0.25) is 0 Å². The van der Waals surface area contributed by atoms with Crippen LogP contribution in [0.1, 0.15) is 0 Å². The van der Waals surface area contributed by atoms with Gasteiger partial charge in [0.25, 0.3) is 0 Å². The third-order valence-electron chi connectivity index (χ3n) is 1.50. The number of halogens is 3. The average Bonchev–Trinajstić information content (AvgIpc) is 2.56. The maximum absolute atomic E-state index is 5.84. The van der Waals surface area contributed by atoms with Crippen molar-refractivity contribution in [2.24, 2.45) is 0 Å². The molecular formula is C7H3Cl2IN4. The van der Waals surface area contributed by atoms with E-state index in [0.29, 0.717) is 5.69 Å². The lowest BCUT2D eigenvalue weighted by atomic mass is 10.5. The van der Waals surface area contributed by atoms with Crippen LogP contribution >= 0.6 is 45.8 Å². The molecule has 0 unspecified atom stereocenters. The monoisotopic (exact) mass is 340 g/mol. The first-order chi connectivity index (χ1) is 6.66. The molecule has 0 bridgehead atoms. The Balaban J connectivity index is 2.55. The fourth-order valence-corrected chi connectivity index (χ4v) is 1.65. The number of nitrogens with zero attached hydrogens (tertiary/aromatic N) is 4. The molecule has 0 aromatic carbocycles. The molecule has 0 aliphatic rings. The van der Waals surface area contributed by atoms with Crippen molar-refractivity contribution in [3.8, 4) is 5.69 Å². The molecule has 0 saturated heterocycles. The SMILES string of the molecule is Clc1cc(-n2cc(I)cn2)c(Cl)nn1. The van der Waals surface area contributed by atoms with Crippen LogP contribution < -0.4 is 0 Å². The van der Waals surface area contributed by atoms with Gasteiger partial charge in [0.05, 0.1) is 9.77 Å². The van der Waals surface area contributed by atoms with Crippen molar-refractivity contribution in [3.63, 3.8) is 0 Å². The lowest BCUT2D eigenvalue weighted by molar-refractivity contribution is 0.859. The van der Waals surface area contributed by atoms with Gasteiger partial charge in [0.15, 0.2) is 10.3 Å². The molecule has 0 aliphatic carbocycles. The topological polar surface area (TPSA) is 43.6 Å². The van der Waals surface area contributed by atoms with Crippen molar-refractivity contribution in [2.45, 2.75) is 0 Å². The molecule has 0 saturated carbocycles. The number of hydrogen-bond acceptors (Lipinski definition) is 3. The van der Waals surface area contributed by atoms with Gasteiger partial charge in [-0.2, -0.15) is 5.10 Å². The molecule has 0 atom stereocenters. The molecule has 0 fully saturated rings. The molecule has 0 N–H and O–H groups in total. The van der Waals surface area contributed by atoms with Crippen LogP contribution in [0.3, 0.4) is 0 Å². The van der Waals surface area contributed by atoms with E-state index in [1.54, 1.807) is 16.9 Å². The van der Waals surface area contributed by atoms with Gasteiger partial charge in [0, 0.05) is 12.3 Å². The van der Waals surface area contributed by atoms with Gasteiger partial charge in [-0.15, -0.1) is 10.2 Å². The molecule has 2 heterocycles. The first-order valence-electron chi connectivity index (χ1n) is 3.56. The molecule has 14 heavy (non-hydrogen) atoms. The quantitative estimate of drug-likeness (QED) is 0.749. The van der Waals surface area contributed by atoms with Gasteiger partial charge in [0.1, 0.15) is 5.69 Å². The molecule has 2 aromatic heterocycles. The number of aromatic nitrogens is 4. The van der Waals surface area contributed by atoms with E-state index in [9.17, 15) is 0 Å². The smallest absolute Gasteiger partial charge is 0.177 e. The van der Waals surface area contributed by atoms with Crippen LogP contribution in [0.15, 0.2) is 18.5 Å². The zero-order chi connectivity index (χ0) is 10.1. The summed E-state index contributed by atoms with van der Waals surface area (Å²) in [6.07, 6.45) is 3.53. The highest BCUT2D eigenvalue weighted by molar-refractivity contribution is 14.1. The van der Waals surface area contributed by atoms with Gasteiger partial charge in [0.2, 0.25) is 0 Å². The van der Waals surface area contributed by atoms with Crippen molar-refractivity contribution in [3.05, 3.63) is 32.3 Å². The third kappa shape index (κ3) is 1.99. The molecule has 0 aliphatic heterocycles. The zero-order valence-corrected chi connectivity index (χ0v) is 10.3. The molecule has 0 amide bonds. The van der Waals surface area contributed by atoms with Crippen molar-refractivity contribution in [1.82, 2.24) is 20.0 Å². The zero-order valence-electron chi connectivity index (χ0n) is 6.65. The van der Waals surface area contributed by atoms with Crippen LogP contribution in [-0.2, 0) is 0 Å². The fourth-order valence-electron chi connectivity index (χ4n) is 0.937. The Kier molecular flexibility index (Phi) is 2.89. The minimum atomic E-state index is 0.272. The summed E-state index contributed by atoms with van der Waals surface area (Å²) in [6, 6.07) is 1.61. The van der Waals surface area contributed by atoms with Crippen molar-refractivity contribution in [1.29, 1.82) is 0 Å². The van der Waals surface area contributed by atoms with Gasteiger partial charge < -0.3 is 0 Å². The summed E-state index contributed by atoms with van der Waals surface area (Å²) in [5.74, 6) is 0. The standard InChI is InChI=1S/C7H3Cl2IN4/c8-6-1-5(7(9)13-12-6)14-3-4(10)2-11-14/h1-3H. The normalized spacial score (nSPS) is 10.5. The summed E-state index contributed by atoms with van der Waals surface area (Å²) in [4.78, 5) is 0. The molecular weight excluding hydrogens is 338 g/mol. The maximum Gasteiger partial charge on any atom is 0.177 e. The van der Waals surface area contributed by atoms with Crippen molar-refractivity contribution < 1.29 is 0 Å². The second-order valence-electron chi connectivity index (χ2n) is 2.45. The highest BCUT2D eigenvalue weighted by Crippen LogP contribution is 2.19. The Labute approximate surface area is 103 Å². The van der Waals surface area contributed by atoms with Crippen molar-refractivity contribution >= 4 is 45.8 Å². The van der Waals surface area contributed by atoms with Crippen LogP contribution in [0.2, 0.25) is 10.3 Å². The highest BCUT2D eigenvalue weighted by atomic mass is 127. The van der Waals surface area contributed by atoms with Crippen LogP contribution in [-0.4, -0.2) is 20.0 Å². The minimum Gasteiger partial charge on any atom is -0.237 e. The second kappa shape index (κ2) is 4.00. The van der Waals surface area contributed by atoms with E-state index >= 15 is 0 Å². The Bertz CT molecular complexity index is 470. The maximum atomic E-state index is 5.84. The lowest BCUT2D eigenvalue weighted by Crippen LogP contribution is -1.98. The Hall–Kier alpha value is -0.400. The van der Waals surface area contributed by atoms with E-state index in [2.05, 4.69) is 37.9 Å².